The normalized spacial score (nSPS) is 10.3. The van der Waals surface area contributed by atoms with Crippen molar-refractivity contribution >= 4 is 34.8 Å². The lowest BCUT2D eigenvalue weighted by Gasteiger charge is -2.11. The zero-order valence-electron chi connectivity index (χ0n) is 12.1. The van der Waals surface area contributed by atoms with Gasteiger partial charge in [0.15, 0.2) is 6.54 Å². The SMILES string of the molecule is CC(=O)Nc1c(O)cc(NC(=O)Cn2cc[n+](C)c2)cc1Cl. The number of aromatic nitrogens is 2. The third kappa shape index (κ3) is 3.98. The van der Waals surface area contributed by atoms with E-state index in [2.05, 4.69) is 10.6 Å². The Morgan fingerprint density at radius 2 is 2.09 bits per heavy atom. The summed E-state index contributed by atoms with van der Waals surface area (Å²) in [7, 11) is 1.85. The summed E-state index contributed by atoms with van der Waals surface area (Å²) >= 11 is 5.99. The molecule has 2 rings (SSSR count). The van der Waals surface area contributed by atoms with E-state index in [0.717, 1.165) is 0 Å². The predicted molar refractivity (Wildman–Crippen MR) is 81.7 cm³/mol. The first kappa shape index (κ1) is 15.8. The lowest BCUT2D eigenvalue weighted by atomic mass is 10.2. The van der Waals surface area contributed by atoms with Gasteiger partial charge in [-0.1, -0.05) is 11.6 Å². The highest BCUT2D eigenvalue weighted by Gasteiger charge is 2.13. The maximum Gasteiger partial charge on any atom is 0.266 e. The Bertz CT molecular complexity index is 704. The topological polar surface area (TPSA) is 87.2 Å². The number of rotatable bonds is 4. The van der Waals surface area contributed by atoms with E-state index in [1.807, 2.05) is 17.8 Å². The van der Waals surface area contributed by atoms with Crippen LogP contribution in [0.1, 0.15) is 6.92 Å². The average Bonchev–Trinajstić information content (AvgIpc) is 2.79. The van der Waals surface area contributed by atoms with Crippen molar-refractivity contribution < 1.29 is 19.3 Å². The van der Waals surface area contributed by atoms with Crippen LogP contribution in [0.3, 0.4) is 0 Å². The van der Waals surface area contributed by atoms with Gasteiger partial charge >= 0.3 is 0 Å². The zero-order chi connectivity index (χ0) is 16.3. The molecular formula is C14H16ClN4O3+. The van der Waals surface area contributed by atoms with Gasteiger partial charge in [0.1, 0.15) is 23.8 Å². The van der Waals surface area contributed by atoms with Gasteiger partial charge in [-0.2, -0.15) is 0 Å². The highest BCUT2D eigenvalue weighted by atomic mass is 35.5. The molecule has 0 unspecified atom stereocenters. The third-order valence-electron chi connectivity index (χ3n) is 2.80. The first-order valence-corrected chi connectivity index (χ1v) is 6.84. The number of phenols is 1. The number of halogens is 1. The van der Waals surface area contributed by atoms with E-state index in [0.29, 0.717) is 5.69 Å². The molecule has 0 aliphatic heterocycles. The molecule has 22 heavy (non-hydrogen) atoms. The number of nitrogens with zero attached hydrogens (tertiary/aromatic N) is 2. The Balaban J connectivity index is 2.09. The van der Waals surface area contributed by atoms with E-state index in [-0.39, 0.29) is 34.8 Å². The molecular weight excluding hydrogens is 308 g/mol. The molecule has 0 saturated heterocycles. The van der Waals surface area contributed by atoms with Gasteiger partial charge in [0.05, 0.1) is 12.1 Å². The van der Waals surface area contributed by atoms with Gasteiger partial charge in [-0.25, -0.2) is 9.13 Å². The monoisotopic (exact) mass is 323 g/mol. The lowest BCUT2D eigenvalue weighted by molar-refractivity contribution is -0.671. The van der Waals surface area contributed by atoms with Crippen molar-refractivity contribution in [3.63, 3.8) is 0 Å². The van der Waals surface area contributed by atoms with Crippen LogP contribution in [0.5, 0.6) is 5.75 Å². The molecule has 2 amide bonds. The smallest absolute Gasteiger partial charge is 0.266 e. The minimum absolute atomic E-state index is 0.115. The number of aromatic hydroxyl groups is 1. The fourth-order valence-electron chi connectivity index (χ4n) is 1.93. The first-order valence-electron chi connectivity index (χ1n) is 6.46. The van der Waals surface area contributed by atoms with Crippen molar-refractivity contribution in [2.24, 2.45) is 7.05 Å². The summed E-state index contributed by atoms with van der Waals surface area (Å²) in [5.74, 6) is -0.834. The zero-order valence-corrected chi connectivity index (χ0v) is 12.9. The molecule has 1 aromatic heterocycles. The number of amides is 2. The van der Waals surface area contributed by atoms with Gasteiger partial charge in [-0.3, -0.25) is 9.59 Å². The molecule has 3 N–H and O–H groups in total. The number of carbonyl (C=O) groups excluding carboxylic acids is 2. The molecule has 0 spiro atoms. The summed E-state index contributed by atoms with van der Waals surface area (Å²) in [6, 6.07) is 2.78. The van der Waals surface area contributed by atoms with E-state index in [4.69, 9.17) is 11.6 Å². The number of benzene rings is 1. The molecule has 0 saturated carbocycles. The fraction of sp³-hybridized carbons (Fsp3) is 0.214. The van der Waals surface area contributed by atoms with Crippen molar-refractivity contribution in [2.45, 2.75) is 13.5 Å². The highest BCUT2D eigenvalue weighted by Crippen LogP contribution is 2.35. The summed E-state index contributed by atoms with van der Waals surface area (Å²) in [5.41, 5.74) is 0.461. The molecule has 1 heterocycles. The Labute approximate surface area is 132 Å². The molecule has 0 fully saturated rings. The number of aryl methyl sites for hydroxylation is 1. The van der Waals surface area contributed by atoms with Crippen LogP contribution in [-0.2, 0) is 23.2 Å². The number of hydrogen-bond donors (Lipinski definition) is 3. The van der Waals surface area contributed by atoms with E-state index < -0.39 is 0 Å². The van der Waals surface area contributed by atoms with Crippen molar-refractivity contribution in [2.75, 3.05) is 10.6 Å². The average molecular weight is 324 g/mol. The van der Waals surface area contributed by atoms with Crippen LogP contribution >= 0.6 is 11.6 Å². The maximum atomic E-state index is 11.9. The van der Waals surface area contributed by atoms with Crippen LogP contribution < -0.4 is 15.2 Å². The Kier molecular flexibility index (Phi) is 4.67. The molecule has 1 aromatic carbocycles. The van der Waals surface area contributed by atoms with Crippen LogP contribution in [0.25, 0.3) is 0 Å². The molecule has 0 aliphatic carbocycles. The third-order valence-corrected chi connectivity index (χ3v) is 3.10. The Morgan fingerprint density at radius 3 is 2.64 bits per heavy atom. The van der Waals surface area contributed by atoms with E-state index >= 15 is 0 Å². The van der Waals surface area contributed by atoms with Gasteiger partial charge < -0.3 is 15.7 Å². The van der Waals surface area contributed by atoms with Crippen LogP contribution in [0, 0.1) is 0 Å². The minimum Gasteiger partial charge on any atom is -0.506 e. The summed E-state index contributed by atoms with van der Waals surface area (Å²) < 4.78 is 3.53. The van der Waals surface area contributed by atoms with E-state index in [1.54, 1.807) is 17.1 Å². The van der Waals surface area contributed by atoms with E-state index in [9.17, 15) is 14.7 Å². The number of nitrogens with one attached hydrogen (secondary N) is 2. The molecule has 0 aliphatic rings. The summed E-state index contributed by atoms with van der Waals surface area (Å²) in [5, 5.41) is 15.1. The number of phenolic OH excluding ortho intramolecular Hbond substituents is 1. The summed E-state index contributed by atoms with van der Waals surface area (Å²) in [4.78, 5) is 23.0. The second-order valence-corrected chi connectivity index (χ2v) is 5.24. The van der Waals surface area contributed by atoms with E-state index in [1.165, 1.54) is 19.1 Å². The lowest BCUT2D eigenvalue weighted by Crippen LogP contribution is -2.25. The van der Waals surface area contributed by atoms with Crippen LogP contribution in [0.15, 0.2) is 30.9 Å². The Hall–Kier alpha value is -2.54. The van der Waals surface area contributed by atoms with Crippen LogP contribution in [-0.4, -0.2) is 21.5 Å². The molecule has 116 valence electrons. The van der Waals surface area contributed by atoms with Gasteiger partial charge in [0, 0.05) is 18.7 Å². The second-order valence-electron chi connectivity index (χ2n) is 4.83. The van der Waals surface area contributed by atoms with Gasteiger partial charge in [-0.15, -0.1) is 0 Å². The minimum atomic E-state index is -0.352. The van der Waals surface area contributed by atoms with Crippen LogP contribution in [0.4, 0.5) is 11.4 Å². The number of anilines is 2. The van der Waals surface area contributed by atoms with Gasteiger partial charge in [-0.05, 0) is 6.07 Å². The van der Waals surface area contributed by atoms with Crippen molar-refractivity contribution in [1.29, 1.82) is 0 Å². The van der Waals surface area contributed by atoms with Crippen molar-refractivity contribution in [3.8, 4) is 5.75 Å². The molecule has 8 heteroatoms. The quantitative estimate of drug-likeness (QED) is 0.585. The fourth-order valence-corrected chi connectivity index (χ4v) is 2.19. The summed E-state index contributed by atoms with van der Waals surface area (Å²) in [6.45, 7) is 1.44. The number of imidazole rings is 1. The second kappa shape index (κ2) is 6.48. The Morgan fingerprint density at radius 1 is 1.36 bits per heavy atom. The molecule has 0 atom stereocenters. The predicted octanol–water partition coefficient (Wildman–Crippen LogP) is 1.27. The molecule has 0 radical (unpaired) electrons. The summed E-state index contributed by atoms with van der Waals surface area (Å²) in [6.07, 6.45) is 5.35. The largest absolute Gasteiger partial charge is 0.506 e. The van der Waals surface area contributed by atoms with Crippen molar-refractivity contribution in [3.05, 3.63) is 35.9 Å². The maximum absolute atomic E-state index is 11.9. The van der Waals surface area contributed by atoms with Crippen molar-refractivity contribution in [1.82, 2.24) is 4.57 Å². The number of hydrogen-bond acceptors (Lipinski definition) is 3. The number of carbonyl (C=O) groups is 2. The molecule has 0 bridgehead atoms. The molecule has 7 nitrogen and oxygen atoms in total. The van der Waals surface area contributed by atoms with Gasteiger partial charge in [0.25, 0.3) is 5.91 Å². The van der Waals surface area contributed by atoms with Gasteiger partial charge in [0.2, 0.25) is 12.2 Å². The van der Waals surface area contributed by atoms with Crippen LogP contribution in [0.2, 0.25) is 5.02 Å². The highest BCUT2D eigenvalue weighted by molar-refractivity contribution is 6.34. The molecule has 2 aromatic rings. The first-order chi connectivity index (χ1) is 10.3. The standard InChI is InChI=1S/C14H15ClN4O3/c1-9(20)16-14-11(15)5-10(6-12(14)21)17-13(22)7-19-4-3-18(2)8-19/h3-6,8H,7H2,1-2H3,(H2-,16,17,20,21,22)/p+1.